The van der Waals surface area contributed by atoms with E-state index < -0.39 is 99.4 Å². The Kier molecular flexibility index (Phi) is 28.1. The van der Waals surface area contributed by atoms with Gasteiger partial charge < -0.3 is 15.0 Å². The number of pyridine rings is 6. The highest BCUT2D eigenvalue weighted by Gasteiger charge is 2.44. The maximum atomic E-state index is 13.3. The Morgan fingerprint density at radius 2 is 1.05 bits per heavy atom. The molecule has 0 aliphatic carbocycles. The molecule has 0 saturated carbocycles. The van der Waals surface area contributed by atoms with Gasteiger partial charge in [0.1, 0.15) is 22.8 Å². The lowest BCUT2D eigenvalue weighted by atomic mass is 10.0. The van der Waals surface area contributed by atoms with Gasteiger partial charge in [-0.05, 0) is 175 Å². The van der Waals surface area contributed by atoms with E-state index in [0.717, 1.165) is 122 Å². The van der Waals surface area contributed by atoms with Crippen molar-refractivity contribution in [1.29, 1.82) is 0 Å². The van der Waals surface area contributed by atoms with Crippen LogP contribution in [0.3, 0.4) is 0 Å². The normalized spacial score (nSPS) is 12.8. The summed E-state index contributed by atoms with van der Waals surface area (Å²) in [4.78, 5) is 62.1. The molecule has 1 fully saturated rings. The summed E-state index contributed by atoms with van der Waals surface area (Å²) in [6.07, 6.45) is -14.5. The van der Waals surface area contributed by atoms with Crippen LogP contribution in [0, 0.1) is 53.4 Å². The van der Waals surface area contributed by atoms with Crippen molar-refractivity contribution in [3.8, 4) is 23.3 Å². The minimum atomic E-state index is -4.70. The number of hydrogen-bond donors (Lipinski definition) is 1. The van der Waals surface area contributed by atoms with Crippen molar-refractivity contribution in [3.05, 3.63) is 290 Å². The molecule has 10 aromatic rings. The van der Waals surface area contributed by atoms with Crippen molar-refractivity contribution in [2.75, 3.05) is 28.2 Å². The fourth-order valence-corrected chi connectivity index (χ4v) is 10.3. The van der Waals surface area contributed by atoms with Gasteiger partial charge in [-0.15, -0.1) is 0 Å². The van der Waals surface area contributed by atoms with Crippen LogP contribution in [0.2, 0.25) is 0 Å². The van der Waals surface area contributed by atoms with Gasteiger partial charge in [0.25, 0.3) is 17.7 Å². The minimum absolute atomic E-state index is 0.101. The zero-order chi connectivity index (χ0) is 80.4. The van der Waals surface area contributed by atoms with Crippen molar-refractivity contribution in [2.45, 2.75) is 111 Å². The molecule has 109 heavy (non-hydrogen) atoms. The van der Waals surface area contributed by atoms with E-state index >= 15 is 0 Å². The fourth-order valence-electron chi connectivity index (χ4n) is 10.3. The van der Waals surface area contributed by atoms with Gasteiger partial charge in [0.15, 0.2) is 5.75 Å². The number of carbonyl (C=O) groups excluding carboxylic acids is 3. The number of hydrogen-bond acceptors (Lipinski definition) is 11. The van der Waals surface area contributed by atoms with Crippen LogP contribution in [-0.2, 0) is 43.5 Å². The van der Waals surface area contributed by atoms with Crippen molar-refractivity contribution >= 4 is 34.9 Å². The highest BCUT2D eigenvalue weighted by atomic mass is 19.4. The van der Waals surface area contributed by atoms with Gasteiger partial charge in [0.05, 0.1) is 62.6 Å². The van der Waals surface area contributed by atoms with Gasteiger partial charge in [0, 0.05) is 72.9 Å². The Morgan fingerprint density at radius 3 is 1.61 bits per heavy atom. The number of benzene rings is 4. The molecule has 13 nitrogen and oxygen atoms in total. The number of alkyl halides is 18. The maximum Gasteiger partial charge on any atom is 0.420 e. The average molecular weight is 1530 g/mol. The fraction of sp³-hybridized carbons (Fsp3) is 0.244. The molecule has 1 saturated heterocycles. The van der Waals surface area contributed by atoms with Crippen LogP contribution in [0.1, 0.15) is 141 Å². The van der Waals surface area contributed by atoms with E-state index in [4.69, 9.17) is 4.74 Å². The molecule has 572 valence electrons. The number of carbonyl (C=O) groups is 3. The summed E-state index contributed by atoms with van der Waals surface area (Å²) in [5.41, 5.74) is -0.903. The Bertz CT molecular complexity index is 4840. The lowest BCUT2D eigenvalue weighted by Crippen LogP contribution is -2.32. The van der Waals surface area contributed by atoms with Gasteiger partial charge in [0.2, 0.25) is 0 Å². The summed E-state index contributed by atoms with van der Waals surface area (Å²) in [6.45, 7) is 13.0. The molecule has 12 rings (SSSR count). The highest BCUT2D eigenvalue weighted by molar-refractivity contribution is 6.35. The van der Waals surface area contributed by atoms with Crippen molar-refractivity contribution in [2.24, 2.45) is 0 Å². The SMILES string of the molecule is CCc1cnc(C#Cc2ccccc2)cc1C(F)(F)F.Cc1cc(C(F)(F)F)c(C)cn1.Cc1cc(C(F)(F)F)c(N2C(=O)c3cccc(C)c3C2=O)cn1.Cc1ccc(NC(=O)c2cnccc2C(F)(F)F)cc1.Cc1ccc(Oc2cnccc2C(F)(F)F)cc1.FC(F)(F)c1ccnc(N2CCCCC2)c1. The number of aromatic nitrogens is 6. The zero-order valence-electron chi connectivity index (χ0n) is 58.7. The van der Waals surface area contributed by atoms with Crippen molar-refractivity contribution in [1.82, 2.24) is 29.9 Å². The standard InChI is InChI=1S/C16H11F3N2O2.C16H12F3N.C14H11F3N2O.C13H10F3NO.C11H13F3N2.C8H8F3N/c1-8-4-3-5-10-13(8)15(23)21(14(10)22)12-7-20-9(2)6-11(12)16(17,18)19;1-2-13-11-20-14(10-15(13)16(17,18)19)9-8-12-6-4-3-5-7-12;1-9-2-4-10(5-3-9)19-13(20)11-8-18-7-6-12(11)14(15,16)17;1-9-2-4-10(5-3-9)18-12-8-17-7-6-11(12)13(14,15)16;12-11(13,14)9-4-5-15-10(8-9)16-6-2-1-3-7-16;1-5-4-12-6(2)3-7(5)8(9,10)11/h3-7H,1-2H3;3-7,10-11H,2H2,1H3;2-8H,1H3,(H,19,20);2-8H,1H3;4-5,8H,1-3,6-7H2;3-4H,1-2H3. The topological polar surface area (TPSA) is 156 Å². The number of piperidine rings is 1. The first-order chi connectivity index (χ1) is 51.0. The quantitative estimate of drug-likeness (QED) is 0.0920. The number of aryl methyl sites for hydroxylation is 7. The number of anilines is 3. The second-order valence-electron chi connectivity index (χ2n) is 24.1. The number of nitrogens with zero attached hydrogens (tertiary/aromatic N) is 8. The van der Waals surface area contributed by atoms with Gasteiger partial charge in [-0.2, -0.15) is 79.0 Å². The molecule has 8 heterocycles. The number of imide groups is 1. The molecule has 2 aliphatic rings. The van der Waals surface area contributed by atoms with Gasteiger partial charge in [-0.25, -0.2) is 14.9 Å². The largest absolute Gasteiger partial charge is 0.455 e. The van der Waals surface area contributed by atoms with Gasteiger partial charge in [-0.1, -0.05) is 78.6 Å². The van der Waals surface area contributed by atoms with Crippen LogP contribution in [0.4, 0.5) is 96.2 Å². The number of rotatable bonds is 7. The molecule has 4 aromatic carbocycles. The molecule has 0 bridgehead atoms. The third kappa shape index (κ3) is 24.1. The molecular formula is C78H65F18N9O4. The molecule has 2 aliphatic heterocycles. The molecule has 0 atom stereocenters. The second-order valence-corrected chi connectivity index (χ2v) is 24.1. The van der Waals surface area contributed by atoms with E-state index in [1.807, 2.05) is 36.9 Å². The molecule has 1 N–H and O–H groups in total. The maximum absolute atomic E-state index is 13.3. The molecule has 0 radical (unpaired) electrons. The summed E-state index contributed by atoms with van der Waals surface area (Å²) in [5, 5.41) is 2.42. The Labute approximate surface area is 613 Å². The van der Waals surface area contributed by atoms with Crippen LogP contribution < -0.4 is 19.9 Å². The molecular weight excluding hydrogens is 1470 g/mol. The molecule has 3 amide bonds. The van der Waals surface area contributed by atoms with Crippen LogP contribution in [0.15, 0.2) is 189 Å². The van der Waals surface area contributed by atoms with Crippen LogP contribution >= 0.6 is 0 Å². The average Bonchev–Trinajstić information content (AvgIpc) is 1.59. The summed E-state index contributed by atoms with van der Waals surface area (Å²) >= 11 is 0. The Morgan fingerprint density at radius 1 is 0.486 bits per heavy atom. The second kappa shape index (κ2) is 36.3. The van der Waals surface area contributed by atoms with E-state index in [9.17, 15) is 93.4 Å². The predicted octanol–water partition coefficient (Wildman–Crippen LogP) is 21.3. The summed E-state index contributed by atoms with van der Waals surface area (Å²) < 4.78 is 234. The first-order valence-electron chi connectivity index (χ1n) is 32.6. The summed E-state index contributed by atoms with van der Waals surface area (Å²) in [5.74, 6) is 3.57. The highest BCUT2D eigenvalue weighted by Crippen LogP contribution is 2.42. The van der Waals surface area contributed by atoms with Gasteiger partial charge >= 0.3 is 37.1 Å². The number of ether oxygens (including phenoxy) is 1. The van der Waals surface area contributed by atoms with E-state index in [2.05, 4.69) is 47.1 Å². The zero-order valence-corrected chi connectivity index (χ0v) is 58.7. The number of amides is 3. The molecule has 31 heteroatoms. The van der Waals surface area contributed by atoms with E-state index in [1.54, 1.807) is 86.6 Å². The first-order valence-corrected chi connectivity index (χ1v) is 32.6. The van der Waals surface area contributed by atoms with Crippen LogP contribution in [0.25, 0.3) is 0 Å². The number of fused-ring (bicyclic) bond motifs is 1. The lowest BCUT2D eigenvalue weighted by Gasteiger charge is -2.28. The van der Waals surface area contributed by atoms with E-state index in [1.165, 1.54) is 45.4 Å². The summed E-state index contributed by atoms with van der Waals surface area (Å²) in [6, 6.07) is 33.9. The smallest absolute Gasteiger partial charge is 0.420 e. The third-order valence-corrected chi connectivity index (χ3v) is 15.8. The lowest BCUT2D eigenvalue weighted by molar-refractivity contribution is -0.139. The van der Waals surface area contributed by atoms with Gasteiger partial charge in [-0.3, -0.25) is 34.3 Å². The van der Waals surface area contributed by atoms with Crippen LogP contribution in [-0.4, -0.2) is 60.7 Å². The molecule has 6 aromatic heterocycles. The number of halogens is 18. The Hall–Kier alpha value is -11.7. The van der Waals surface area contributed by atoms with E-state index in [0.29, 0.717) is 33.4 Å². The molecule has 0 spiro atoms. The minimum Gasteiger partial charge on any atom is -0.455 e. The van der Waals surface area contributed by atoms with E-state index in [-0.39, 0.29) is 45.8 Å². The summed E-state index contributed by atoms with van der Waals surface area (Å²) in [7, 11) is 0. The van der Waals surface area contributed by atoms with Crippen LogP contribution in [0.5, 0.6) is 11.5 Å². The monoisotopic (exact) mass is 1530 g/mol. The van der Waals surface area contributed by atoms with Crippen molar-refractivity contribution < 1.29 is 98.1 Å². The predicted molar refractivity (Wildman–Crippen MR) is 370 cm³/mol. The van der Waals surface area contributed by atoms with Crippen molar-refractivity contribution in [3.63, 3.8) is 0 Å². The number of nitrogens with one attached hydrogen (secondary N) is 1. The molecule has 0 unspecified atom stereocenters. The third-order valence-electron chi connectivity index (χ3n) is 15.8. The first kappa shape index (κ1) is 84.6. The Balaban J connectivity index is 0.000000184.